The molecular weight excluding hydrogens is 464 g/mol. The zero-order chi connectivity index (χ0) is 25.1. The van der Waals surface area contributed by atoms with E-state index >= 15 is 0 Å². The van der Waals surface area contributed by atoms with Crippen LogP contribution in [0, 0.1) is 4.91 Å². The number of nitrogens with zero attached hydrogens (tertiary/aromatic N) is 1. The van der Waals surface area contributed by atoms with Crippen molar-refractivity contribution in [3.63, 3.8) is 0 Å². The van der Waals surface area contributed by atoms with Crippen molar-refractivity contribution in [1.82, 2.24) is 5.32 Å². The smallest absolute Gasteiger partial charge is 0.408 e. The molecule has 0 aliphatic carbocycles. The van der Waals surface area contributed by atoms with Crippen molar-refractivity contribution in [2.24, 2.45) is 10.3 Å². The first-order chi connectivity index (χ1) is 16.2. The van der Waals surface area contributed by atoms with E-state index in [2.05, 4.69) is 10.5 Å². The number of sulfonamides is 1. The molecule has 0 fully saturated rings. The van der Waals surface area contributed by atoms with Crippen LogP contribution in [0.25, 0.3) is 0 Å². The van der Waals surface area contributed by atoms with Crippen LogP contribution in [0.5, 0.6) is 0 Å². The molecule has 2 amide bonds. The van der Waals surface area contributed by atoms with E-state index in [1.165, 1.54) is 6.07 Å². The quantitative estimate of drug-likeness (QED) is 0.231. The maximum absolute atomic E-state index is 12.7. The molecule has 0 atom stereocenters. The molecule has 182 valence electrons. The first kappa shape index (κ1) is 26.6. The highest BCUT2D eigenvalue weighted by Gasteiger charge is 2.22. The minimum atomic E-state index is -4.20. The number of Topliss-reactive ketones (excluding diaryl/α,β-unsaturated/α-hetero) is 1. The number of amides is 2. The van der Waals surface area contributed by atoms with Crippen LogP contribution in [0.2, 0.25) is 0 Å². The average molecular weight is 491 g/mol. The van der Waals surface area contributed by atoms with Crippen molar-refractivity contribution in [2.75, 3.05) is 25.0 Å². The molecule has 4 N–H and O–H groups in total. The van der Waals surface area contributed by atoms with Crippen molar-refractivity contribution < 1.29 is 27.5 Å². The van der Waals surface area contributed by atoms with Gasteiger partial charge in [0.05, 0.1) is 4.90 Å². The Hall–Kier alpha value is -3.64. The number of nitrogens with one attached hydrogen (secondary N) is 2. The van der Waals surface area contributed by atoms with Crippen molar-refractivity contribution >= 4 is 33.5 Å². The Kier molecular flexibility index (Phi) is 9.83. The number of alkyl carbamates (subject to hydrolysis) is 1. The van der Waals surface area contributed by atoms with Crippen LogP contribution in [0.3, 0.4) is 0 Å². The van der Waals surface area contributed by atoms with Crippen LogP contribution in [-0.2, 0) is 26.0 Å². The summed E-state index contributed by atoms with van der Waals surface area (Å²) in [7, 11) is -4.20. The minimum absolute atomic E-state index is 0.0294. The van der Waals surface area contributed by atoms with Gasteiger partial charge in [0.2, 0.25) is 15.8 Å². The van der Waals surface area contributed by atoms with Crippen LogP contribution in [-0.4, -0.2) is 45.9 Å². The monoisotopic (exact) mass is 490 g/mol. The summed E-state index contributed by atoms with van der Waals surface area (Å²) >= 11 is 0. The number of unbranched alkanes of at least 4 members (excludes halogenated alkanes) is 1. The molecule has 11 nitrogen and oxygen atoms in total. The third-order valence-electron chi connectivity index (χ3n) is 4.73. The fourth-order valence-electron chi connectivity index (χ4n) is 3.05. The van der Waals surface area contributed by atoms with Gasteiger partial charge in [0.15, 0.2) is 6.61 Å². The molecule has 0 radical (unpaired) electrons. The van der Waals surface area contributed by atoms with Crippen molar-refractivity contribution in [2.45, 2.75) is 31.1 Å². The van der Waals surface area contributed by atoms with E-state index in [4.69, 9.17) is 9.88 Å². The number of ether oxygens (including phenoxy) is 1. The number of nitroso groups, excluding NO2 is 1. The maximum Gasteiger partial charge on any atom is 0.408 e. The van der Waals surface area contributed by atoms with Gasteiger partial charge in [-0.3, -0.25) is 9.59 Å². The van der Waals surface area contributed by atoms with E-state index < -0.39 is 41.0 Å². The first-order valence-corrected chi connectivity index (χ1v) is 12.0. The molecule has 0 bridgehead atoms. The Bertz CT molecular complexity index is 1150. The summed E-state index contributed by atoms with van der Waals surface area (Å²) in [4.78, 5) is 44.9. The maximum atomic E-state index is 12.7. The van der Waals surface area contributed by atoms with E-state index in [0.29, 0.717) is 17.8 Å². The summed E-state index contributed by atoms with van der Waals surface area (Å²) in [5.41, 5.74) is 1.67. The average Bonchev–Trinajstić information content (AvgIpc) is 2.81. The molecular formula is C22H26N4O7S. The zero-order valence-electron chi connectivity index (χ0n) is 18.6. The Balaban J connectivity index is 2.35. The van der Waals surface area contributed by atoms with Crippen LogP contribution in [0.15, 0.2) is 52.5 Å². The summed E-state index contributed by atoms with van der Waals surface area (Å²) in [5.74, 6) is -1.80. The van der Waals surface area contributed by atoms with E-state index in [1.807, 2.05) is 42.6 Å². The molecule has 2 rings (SSSR count). The fourth-order valence-corrected chi connectivity index (χ4v) is 3.86. The summed E-state index contributed by atoms with van der Waals surface area (Å²) in [6.07, 6.45) is 0.852. The minimum Gasteiger partial charge on any atom is -0.441 e. The lowest BCUT2D eigenvalue weighted by molar-refractivity contribution is -0.117. The number of primary sulfonamides is 1. The predicted molar refractivity (Wildman–Crippen MR) is 125 cm³/mol. The second-order valence-electron chi connectivity index (χ2n) is 7.33. The highest BCUT2D eigenvalue weighted by molar-refractivity contribution is 7.89. The molecule has 0 saturated carbocycles. The Morgan fingerprint density at radius 3 is 2.44 bits per heavy atom. The largest absolute Gasteiger partial charge is 0.441 e. The molecule has 0 heterocycles. The number of hydrogen-bond donors (Lipinski definition) is 3. The van der Waals surface area contributed by atoms with Gasteiger partial charge < -0.3 is 15.4 Å². The number of hydrogen-bond acceptors (Lipinski definition) is 8. The van der Waals surface area contributed by atoms with E-state index in [1.54, 1.807) is 0 Å². The molecule has 2 aromatic carbocycles. The topological polar surface area (TPSA) is 174 Å². The van der Waals surface area contributed by atoms with Crippen LogP contribution in [0.4, 0.5) is 10.5 Å². The summed E-state index contributed by atoms with van der Waals surface area (Å²) < 4.78 is 29.6. The van der Waals surface area contributed by atoms with Gasteiger partial charge in [0.25, 0.3) is 0 Å². The molecule has 2 aromatic rings. The van der Waals surface area contributed by atoms with Crippen molar-refractivity contribution in [1.29, 1.82) is 0 Å². The van der Waals surface area contributed by atoms with E-state index in [-0.39, 0.29) is 16.9 Å². The summed E-state index contributed by atoms with van der Waals surface area (Å²) in [5, 5.41) is 12.7. The van der Waals surface area contributed by atoms with Gasteiger partial charge in [-0.05, 0) is 29.7 Å². The second-order valence-corrected chi connectivity index (χ2v) is 8.86. The second kappa shape index (κ2) is 12.6. The number of nitrogens with two attached hydrogens (primary N) is 1. The first-order valence-electron chi connectivity index (χ1n) is 10.4. The normalized spacial score (nSPS) is 10.9. The third kappa shape index (κ3) is 8.05. The Morgan fingerprint density at radius 1 is 1.12 bits per heavy atom. The van der Waals surface area contributed by atoms with Gasteiger partial charge in [0.1, 0.15) is 6.54 Å². The van der Waals surface area contributed by atoms with Crippen LogP contribution in [0.1, 0.15) is 41.3 Å². The highest BCUT2D eigenvalue weighted by atomic mass is 32.2. The lowest BCUT2D eigenvalue weighted by Gasteiger charge is -2.18. The van der Waals surface area contributed by atoms with Gasteiger partial charge in [-0.25, -0.2) is 18.4 Å². The zero-order valence-corrected chi connectivity index (χ0v) is 19.4. The summed E-state index contributed by atoms with van der Waals surface area (Å²) in [6.45, 7) is 1.14. The fraction of sp³-hybridized carbons (Fsp3) is 0.318. The number of rotatable bonds is 12. The molecule has 0 spiro atoms. The van der Waals surface area contributed by atoms with Gasteiger partial charge in [-0.15, -0.1) is 4.91 Å². The number of ketones is 1. The van der Waals surface area contributed by atoms with Crippen molar-refractivity contribution in [3.8, 4) is 0 Å². The third-order valence-corrected chi connectivity index (χ3v) is 5.70. The van der Waals surface area contributed by atoms with Crippen molar-refractivity contribution in [3.05, 3.63) is 64.1 Å². The number of anilines is 1. The molecule has 0 unspecified atom stereocenters. The number of carbonyl (C=O) groups excluding carboxylic acids is 3. The number of carbonyl (C=O) groups is 3. The molecule has 0 aliphatic heterocycles. The molecule has 12 heteroatoms. The van der Waals surface area contributed by atoms with Gasteiger partial charge >= 0.3 is 12.0 Å². The van der Waals surface area contributed by atoms with Gasteiger partial charge in [0, 0.05) is 29.4 Å². The van der Waals surface area contributed by atoms with Gasteiger partial charge in [-0.1, -0.05) is 43.7 Å². The van der Waals surface area contributed by atoms with E-state index in [0.717, 1.165) is 24.5 Å². The number of benzene rings is 2. The Labute approximate surface area is 197 Å². The van der Waals surface area contributed by atoms with E-state index in [9.17, 15) is 27.7 Å². The molecule has 0 saturated heterocycles. The Morgan fingerprint density at radius 2 is 1.82 bits per heavy atom. The lowest BCUT2D eigenvalue weighted by atomic mass is 9.99. The highest BCUT2D eigenvalue weighted by Crippen LogP contribution is 2.29. The molecule has 0 aliphatic rings. The lowest BCUT2D eigenvalue weighted by Crippen LogP contribution is -2.30. The van der Waals surface area contributed by atoms with Crippen LogP contribution >= 0.6 is 0 Å². The molecule has 34 heavy (non-hydrogen) atoms. The van der Waals surface area contributed by atoms with Gasteiger partial charge in [-0.2, -0.15) is 0 Å². The van der Waals surface area contributed by atoms with Crippen LogP contribution < -0.4 is 15.8 Å². The standard InChI is InChI=1S/C22H26N4O7S/c1-2-3-9-24-18-11-16(19(27)14-33-22(29)25-13-21(28)26-30)12-20(34(23,31)32)17(18)10-15-7-5-4-6-8-15/h4-8,11-12,24H,2-3,9-10,13-14H2,1H3,(H,25,29)(H2,23,31,32). The predicted octanol–water partition coefficient (Wildman–Crippen LogP) is 2.34. The molecule has 0 aromatic heterocycles. The summed E-state index contributed by atoms with van der Waals surface area (Å²) in [6, 6.07) is 11.8. The SMILES string of the molecule is CCCCNc1cc(C(=O)COC(=O)NCC(=O)N=O)cc(S(N)(=O)=O)c1Cc1ccccc1.